The minimum atomic E-state index is -2.99. The van der Waals surface area contributed by atoms with Crippen molar-refractivity contribution in [1.82, 2.24) is 0 Å². The lowest BCUT2D eigenvalue weighted by atomic mass is 10.2. The molecule has 2 aromatic carbocycles. The number of esters is 1. The van der Waals surface area contributed by atoms with Crippen LogP contribution in [0.15, 0.2) is 47.4 Å². The third-order valence-corrected chi connectivity index (χ3v) is 7.50. The molecule has 1 aliphatic rings. The average Bonchev–Trinajstić information content (AvgIpc) is 2.98. The Labute approximate surface area is 161 Å². The number of hydrogen-bond donors (Lipinski definition) is 0. The molecular weight excluding hydrogens is 391 g/mol. The summed E-state index contributed by atoms with van der Waals surface area (Å²) in [5.41, 5.74) is 0.884. The first-order valence-corrected chi connectivity index (χ1v) is 11.0. The molecule has 5 nitrogen and oxygen atoms in total. The molecule has 1 fully saturated rings. The molecule has 2 aromatic rings. The highest BCUT2D eigenvalue weighted by Gasteiger charge is 2.29. The number of ether oxygens (including phenoxy) is 2. The normalized spacial score (nSPS) is 18.2. The average molecular weight is 410 g/mol. The summed E-state index contributed by atoms with van der Waals surface area (Å²) < 4.78 is 47.2. The molecule has 1 unspecified atom stereocenters. The summed E-state index contributed by atoms with van der Waals surface area (Å²) >= 11 is 1.38. The molecule has 1 aliphatic heterocycles. The molecule has 27 heavy (non-hydrogen) atoms. The lowest BCUT2D eigenvalue weighted by molar-refractivity contribution is 0.0468. The zero-order valence-electron chi connectivity index (χ0n) is 14.7. The van der Waals surface area contributed by atoms with Gasteiger partial charge in [0.2, 0.25) is 0 Å². The van der Waals surface area contributed by atoms with E-state index in [1.54, 1.807) is 30.3 Å². The Bertz CT molecular complexity index is 943. The van der Waals surface area contributed by atoms with Gasteiger partial charge in [0, 0.05) is 10.1 Å². The van der Waals surface area contributed by atoms with Gasteiger partial charge >= 0.3 is 5.97 Å². The van der Waals surface area contributed by atoms with Crippen LogP contribution >= 0.6 is 11.8 Å². The second-order valence-electron chi connectivity index (χ2n) is 6.18. The Morgan fingerprint density at radius 1 is 1.26 bits per heavy atom. The maximum absolute atomic E-state index is 13.7. The van der Waals surface area contributed by atoms with Crippen molar-refractivity contribution in [3.05, 3.63) is 59.4 Å². The summed E-state index contributed by atoms with van der Waals surface area (Å²) in [6.45, 7) is -0.0729. The largest absolute Gasteiger partial charge is 0.494 e. The van der Waals surface area contributed by atoms with Crippen molar-refractivity contribution in [2.24, 2.45) is 0 Å². The Kier molecular flexibility index (Phi) is 6.06. The topological polar surface area (TPSA) is 69.7 Å². The van der Waals surface area contributed by atoms with Crippen LogP contribution in [-0.2, 0) is 21.2 Å². The van der Waals surface area contributed by atoms with Crippen molar-refractivity contribution in [2.45, 2.75) is 23.2 Å². The zero-order chi connectivity index (χ0) is 19.4. The number of halogens is 1. The van der Waals surface area contributed by atoms with Crippen LogP contribution in [0.4, 0.5) is 4.39 Å². The monoisotopic (exact) mass is 410 g/mol. The molecule has 0 spiro atoms. The van der Waals surface area contributed by atoms with Crippen LogP contribution in [-0.4, -0.2) is 38.3 Å². The van der Waals surface area contributed by atoms with Gasteiger partial charge in [-0.1, -0.05) is 18.2 Å². The molecule has 1 heterocycles. The fraction of sp³-hybridized carbons (Fsp3) is 0.316. The van der Waals surface area contributed by atoms with Crippen LogP contribution in [0.25, 0.3) is 0 Å². The molecule has 8 heteroatoms. The van der Waals surface area contributed by atoms with E-state index in [0.717, 1.165) is 0 Å². The summed E-state index contributed by atoms with van der Waals surface area (Å²) in [5.74, 6) is -0.634. The number of thioether (sulfide) groups is 1. The molecule has 144 valence electrons. The van der Waals surface area contributed by atoms with Gasteiger partial charge < -0.3 is 9.47 Å². The van der Waals surface area contributed by atoms with Gasteiger partial charge in [0.1, 0.15) is 6.61 Å². The van der Waals surface area contributed by atoms with Crippen LogP contribution in [0.2, 0.25) is 0 Å². The van der Waals surface area contributed by atoms with E-state index in [2.05, 4.69) is 0 Å². The fourth-order valence-corrected chi connectivity index (χ4v) is 6.41. The minimum Gasteiger partial charge on any atom is -0.494 e. The summed E-state index contributed by atoms with van der Waals surface area (Å²) in [6, 6.07) is 11.3. The second-order valence-corrected chi connectivity index (χ2v) is 9.76. The van der Waals surface area contributed by atoms with E-state index in [9.17, 15) is 17.6 Å². The van der Waals surface area contributed by atoms with Crippen LogP contribution in [0.5, 0.6) is 5.75 Å². The summed E-state index contributed by atoms with van der Waals surface area (Å²) in [7, 11) is -1.61. The number of carbonyl (C=O) groups is 1. The second kappa shape index (κ2) is 8.31. The Balaban J connectivity index is 1.67. The molecule has 0 aromatic heterocycles. The predicted molar refractivity (Wildman–Crippen MR) is 101 cm³/mol. The molecule has 0 radical (unpaired) electrons. The van der Waals surface area contributed by atoms with E-state index in [0.29, 0.717) is 22.4 Å². The van der Waals surface area contributed by atoms with Crippen LogP contribution in [0.3, 0.4) is 0 Å². The smallest absolute Gasteiger partial charge is 0.339 e. The van der Waals surface area contributed by atoms with Gasteiger partial charge in [-0.15, -0.1) is 11.8 Å². The number of carbonyl (C=O) groups excluding carboxylic acids is 1. The lowest BCUT2D eigenvalue weighted by Crippen LogP contribution is -2.10. The van der Waals surface area contributed by atoms with Gasteiger partial charge in [0.15, 0.2) is 21.4 Å². The van der Waals surface area contributed by atoms with Crippen LogP contribution in [0.1, 0.15) is 22.3 Å². The zero-order valence-corrected chi connectivity index (χ0v) is 16.3. The van der Waals surface area contributed by atoms with Gasteiger partial charge in [-0.05, 0) is 36.2 Å². The molecular formula is C19H19FO5S2. The third-order valence-electron chi connectivity index (χ3n) is 4.18. The number of sulfone groups is 1. The van der Waals surface area contributed by atoms with Crippen LogP contribution < -0.4 is 4.74 Å². The molecule has 0 bridgehead atoms. The lowest BCUT2D eigenvalue weighted by Gasteiger charge is -2.12. The van der Waals surface area contributed by atoms with Crippen molar-refractivity contribution in [3.8, 4) is 5.75 Å². The highest BCUT2D eigenvalue weighted by atomic mass is 32.2. The number of hydrogen-bond acceptors (Lipinski definition) is 6. The molecule has 1 saturated heterocycles. The van der Waals surface area contributed by atoms with Gasteiger partial charge in [-0.25, -0.2) is 17.6 Å². The highest BCUT2D eigenvalue weighted by molar-refractivity contribution is 8.02. The minimum absolute atomic E-state index is 0.0698. The number of benzene rings is 2. The molecule has 1 atom stereocenters. The standard InChI is InChI=1S/C19H19FO5S2/c1-24-17-7-6-13(10-16(17)20)11-25-19(21)15-4-2-3-5-18(15)26-14-8-9-27(22,23)12-14/h2-7,10,14H,8-9,11-12H2,1H3. The first-order chi connectivity index (χ1) is 12.9. The third kappa shape index (κ3) is 5.01. The molecule has 3 rings (SSSR count). The quantitative estimate of drug-likeness (QED) is 0.679. The Morgan fingerprint density at radius 3 is 2.70 bits per heavy atom. The van der Waals surface area contributed by atoms with Crippen LogP contribution in [0, 0.1) is 5.82 Å². The van der Waals surface area contributed by atoms with E-state index < -0.39 is 21.6 Å². The van der Waals surface area contributed by atoms with E-state index in [-0.39, 0.29) is 29.1 Å². The maximum atomic E-state index is 13.7. The Hall–Kier alpha value is -2.06. The summed E-state index contributed by atoms with van der Waals surface area (Å²) in [4.78, 5) is 13.2. The first-order valence-electron chi connectivity index (χ1n) is 8.33. The van der Waals surface area contributed by atoms with Gasteiger partial charge in [0.25, 0.3) is 0 Å². The molecule has 0 saturated carbocycles. The Morgan fingerprint density at radius 2 is 2.04 bits per heavy atom. The van der Waals surface area contributed by atoms with Gasteiger partial charge in [0.05, 0.1) is 24.2 Å². The van der Waals surface area contributed by atoms with Crippen molar-refractivity contribution in [2.75, 3.05) is 18.6 Å². The van der Waals surface area contributed by atoms with Gasteiger partial charge in [-0.2, -0.15) is 0 Å². The van der Waals surface area contributed by atoms with Crippen molar-refractivity contribution in [1.29, 1.82) is 0 Å². The molecule has 0 aliphatic carbocycles. The van der Waals surface area contributed by atoms with Crippen molar-refractivity contribution < 1.29 is 27.1 Å². The molecule has 0 amide bonds. The predicted octanol–water partition coefficient (Wildman–Crippen LogP) is 3.47. The van der Waals surface area contributed by atoms with Gasteiger partial charge in [-0.3, -0.25) is 0 Å². The first kappa shape index (κ1) is 19.7. The van der Waals surface area contributed by atoms with E-state index >= 15 is 0 Å². The maximum Gasteiger partial charge on any atom is 0.339 e. The highest BCUT2D eigenvalue weighted by Crippen LogP contribution is 2.33. The van der Waals surface area contributed by atoms with Crippen molar-refractivity contribution >= 4 is 27.6 Å². The number of rotatable bonds is 6. The summed E-state index contributed by atoms with van der Waals surface area (Å²) in [6.07, 6.45) is 0.571. The van der Waals surface area contributed by atoms with E-state index in [1.807, 2.05) is 0 Å². The number of methoxy groups -OCH3 is 1. The van der Waals surface area contributed by atoms with Crippen molar-refractivity contribution in [3.63, 3.8) is 0 Å². The molecule has 0 N–H and O–H groups in total. The summed E-state index contributed by atoms with van der Waals surface area (Å²) in [5, 5.41) is -0.0698. The SMILES string of the molecule is COc1ccc(COC(=O)c2ccccc2SC2CCS(=O)(=O)C2)cc1F. The fourth-order valence-electron chi connectivity index (χ4n) is 2.80. The van der Waals surface area contributed by atoms with E-state index in [4.69, 9.17) is 9.47 Å². The van der Waals surface area contributed by atoms with E-state index in [1.165, 1.54) is 31.0 Å².